The fraction of sp³-hybridized carbons (Fsp3) is 0.125. The van der Waals surface area contributed by atoms with E-state index in [-0.39, 0.29) is 13.2 Å². The fourth-order valence-electron chi connectivity index (χ4n) is 3.31. The molecular formula is C24H21N3O4. The third kappa shape index (κ3) is 4.72. The highest BCUT2D eigenvalue weighted by molar-refractivity contribution is 6.07. The molecule has 0 aliphatic heterocycles. The van der Waals surface area contributed by atoms with E-state index >= 15 is 0 Å². The van der Waals surface area contributed by atoms with Crippen LogP contribution in [0.2, 0.25) is 0 Å². The monoisotopic (exact) mass is 415 g/mol. The van der Waals surface area contributed by atoms with Crippen molar-refractivity contribution < 1.29 is 19.1 Å². The highest BCUT2D eigenvalue weighted by Gasteiger charge is 2.11. The molecule has 4 aromatic rings. The van der Waals surface area contributed by atoms with Crippen molar-refractivity contribution >= 4 is 45.2 Å². The number of hydrogen-bond donors (Lipinski definition) is 2. The van der Waals surface area contributed by atoms with Crippen molar-refractivity contribution in [3.8, 4) is 0 Å². The Morgan fingerprint density at radius 1 is 0.903 bits per heavy atom. The molecule has 3 aromatic carbocycles. The highest BCUT2D eigenvalue weighted by Crippen LogP contribution is 2.30. The van der Waals surface area contributed by atoms with Crippen LogP contribution in [0.5, 0.6) is 0 Å². The first kappa shape index (κ1) is 20.2. The molecule has 2 N–H and O–H groups in total. The van der Waals surface area contributed by atoms with E-state index in [1.807, 2.05) is 54.6 Å². The minimum atomic E-state index is -0.560. The van der Waals surface area contributed by atoms with Gasteiger partial charge < -0.3 is 14.8 Å². The van der Waals surface area contributed by atoms with Crippen LogP contribution in [-0.4, -0.2) is 30.7 Å². The molecule has 1 heterocycles. The van der Waals surface area contributed by atoms with E-state index < -0.39 is 12.1 Å². The molecule has 0 saturated carbocycles. The summed E-state index contributed by atoms with van der Waals surface area (Å²) in [6, 6.07) is 22.6. The molecule has 0 fully saturated rings. The van der Waals surface area contributed by atoms with Gasteiger partial charge in [-0.1, -0.05) is 48.5 Å². The van der Waals surface area contributed by atoms with Gasteiger partial charge in [-0.3, -0.25) is 10.1 Å². The van der Waals surface area contributed by atoms with E-state index in [2.05, 4.69) is 20.4 Å². The number of benzene rings is 3. The molecule has 0 spiro atoms. The van der Waals surface area contributed by atoms with E-state index in [4.69, 9.17) is 4.74 Å². The number of pyridine rings is 1. The van der Waals surface area contributed by atoms with Gasteiger partial charge in [0.25, 0.3) is 0 Å². The number of anilines is 2. The summed E-state index contributed by atoms with van der Waals surface area (Å²) in [6.07, 6.45) is -0.560. The molecule has 7 nitrogen and oxygen atoms in total. The number of para-hydroxylation sites is 2. The average molecular weight is 415 g/mol. The largest absolute Gasteiger partial charge is 0.460 e. The van der Waals surface area contributed by atoms with E-state index in [0.29, 0.717) is 5.69 Å². The lowest BCUT2D eigenvalue weighted by molar-refractivity contribution is -0.142. The van der Waals surface area contributed by atoms with Gasteiger partial charge in [-0.05, 0) is 29.8 Å². The molecule has 0 atom stereocenters. The SMILES string of the molecule is COC(=O)Nc1cccc(COC(=O)CNc2c3ccccc3nc3ccccc23)c1. The summed E-state index contributed by atoms with van der Waals surface area (Å²) >= 11 is 0. The lowest BCUT2D eigenvalue weighted by Gasteiger charge is -2.13. The molecular weight excluding hydrogens is 394 g/mol. The predicted octanol–water partition coefficient (Wildman–Crippen LogP) is 4.72. The third-order valence-electron chi connectivity index (χ3n) is 4.76. The van der Waals surface area contributed by atoms with Gasteiger partial charge in [-0.2, -0.15) is 0 Å². The number of rotatable bonds is 6. The maximum absolute atomic E-state index is 12.4. The number of carbonyl (C=O) groups excluding carboxylic acids is 2. The number of aromatic nitrogens is 1. The first-order chi connectivity index (χ1) is 15.1. The van der Waals surface area contributed by atoms with Crippen molar-refractivity contribution in [3.05, 3.63) is 78.4 Å². The van der Waals surface area contributed by atoms with E-state index in [1.54, 1.807) is 18.2 Å². The lowest BCUT2D eigenvalue weighted by atomic mass is 10.1. The molecule has 0 radical (unpaired) electrons. The summed E-state index contributed by atoms with van der Waals surface area (Å²) in [5, 5.41) is 7.68. The van der Waals surface area contributed by atoms with Crippen molar-refractivity contribution in [3.63, 3.8) is 0 Å². The summed E-state index contributed by atoms with van der Waals surface area (Å²) in [5.41, 5.74) is 3.87. The maximum Gasteiger partial charge on any atom is 0.411 e. The Bertz CT molecular complexity index is 1200. The minimum absolute atomic E-state index is 0.0120. The number of hydrogen-bond acceptors (Lipinski definition) is 6. The average Bonchev–Trinajstić information content (AvgIpc) is 2.80. The van der Waals surface area contributed by atoms with Crippen LogP contribution in [0.1, 0.15) is 5.56 Å². The van der Waals surface area contributed by atoms with Crippen LogP contribution in [0.3, 0.4) is 0 Å². The van der Waals surface area contributed by atoms with Crippen LogP contribution in [0.4, 0.5) is 16.2 Å². The smallest absolute Gasteiger partial charge is 0.411 e. The van der Waals surface area contributed by atoms with Crippen LogP contribution < -0.4 is 10.6 Å². The van der Waals surface area contributed by atoms with E-state index in [1.165, 1.54) is 7.11 Å². The Morgan fingerprint density at radius 2 is 1.58 bits per heavy atom. The molecule has 31 heavy (non-hydrogen) atoms. The molecule has 4 rings (SSSR count). The highest BCUT2D eigenvalue weighted by atomic mass is 16.5. The van der Waals surface area contributed by atoms with Crippen molar-refractivity contribution in [2.45, 2.75) is 6.61 Å². The van der Waals surface area contributed by atoms with Crippen LogP contribution in [0.25, 0.3) is 21.8 Å². The summed E-state index contributed by atoms with van der Waals surface area (Å²) in [4.78, 5) is 28.4. The molecule has 0 aliphatic rings. The Hall–Kier alpha value is -4.13. The predicted molar refractivity (Wildman–Crippen MR) is 120 cm³/mol. The van der Waals surface area contributed by atoms with Gasteiger partial charge in [0.2, 0.25) is 0 Å². The van der Waals surface area contributed by atoms with E-state index in [0.717, 1.165) is 33.1 Å². The van der Waals surface area contributed by atoms with Gasteiger partial charge in [0.05, 0.1) is 23.8 Å². The standard InChI is InChI=1S/C24H21N3O4/c1-30-24(29)26-17-8-6-7-16(13-17)15-31-22(28)14-25-23-18-9-2-4-11-20(18)27-21-12-5-3-10-19(21)23/h2-13H,14-15H2,1H3,(H,25,27)(H,26,29). The van der Waals surface area contributed by atoms with Crippen LogP contribution in [-0.2, 0) is 20.9 Å². The zero-order valence-electron chi connectivity index (χ0n) is 16.9. The number of amides is 1. The molecule has 1 aromatic heterocycles. The van der Waals surface area contributed by atoms with Crippen LogP contribution >= 0.6 is 0 Å². The summed E-state index contributed by atoms with van der Waals surface area (Å²) in [5.74, 6) is -0.392. The first-order valence-electron chi connectivity index (χ1n) is 9.75. The quantitative estimate of drug-likeness (QED) is 0.350. The van der Waals surface area contributed by atoms with Gasteiger partial charge >= 0.3 is 12.1 Å². The number of nitrogens with one attached hydrogen (secondary N) is 2. The third-order valence-corrected chi connectivity index (χ3v) is 4.76. The summed E-state index contributed by atoms with van der Waals surface area (Å²) < 4.78 is 9.98. The van der Waals surface area contributed by atoms with Gasteiger partial charge in [0.1, 0.15) is 13.2 Å². The molecule has 0 aliphatic carbocycles. The minimum Gasteiger partial charge on any atom is -0.460 e. The van der Waals surface area contributed by atoms with Gasteiger partial charge in [0, 0.05) is 16.5 Å². The van der Waals surface area contributed by atoms with Gasteiger partial charge in [-0.25, -0.2) is 9.78 Å². The molecule has 1 amide bonds. The number of fused-ring (bicyclic) bond motifs is 2. The summed E-state index contributed by atoms with van der Waals surface area (Å²) in [7, 11) is 1.29. The first-order valence-corrected chi connectivity index (χ1v) is 9.75. The second-order valence-electron chi connectivity index (χ2n) is 6.85. The van der Waals surface area contributed by atoms with Gasteiger partial charge in [0.15, 0.2) is 0 Å². The van der Waals surface area contributed by atoms with Crippen molar-refractivity contribution in [2.75, 3.05) is 24.3 Å². The number of carbonyl (C=O) groups is 2. The van der Waals surface area contributed by atoms with E-state index in [9.17, 15) is 9.59 Å². The van der Waals surface area contributed by atoms with Crippen LogP contribution in [0, 0.1) is 0 Å². The fourth-order valence-corrected chi connectivity index (χ4v) is 3.31. The maximum atomic E-state index is 12.4. The van der Waals surface area contributed by atoms with Crippen LogP contribution in [0.15, 0.2) is 72.8 Å². The molecule has 0 unspecified atom stereocenters. The van der Waals surface area contributed by atoms with Crippen molar-refractivity contribution in [1.29, 1.82) is 0 Å². The normalized spacial score (nSPS) is 10.6. The number of nitrogens with zero attached hydrogens (tertiary/aromatic N) is 1. The molecule has 0 bridgehead atoms. The van der Waals surface area contributed by atoms with Gasteiger partial charge in [-0.15, -0.1) is 0 Å². The molecule has 156 valence electrons. The number of methoxy groups -OCH3 is 1. The number of ether oxygens (including phenoxy) is 2. The Labute approximate surface area is 179 Å². The Kier molecular flexibility index (Phi) is 5.93. The lowest BCUT2D eigenvalue weighted by Crippen LogP contribution is -2.17. The topological polar surface area (TPSA) is 89.5 Å². The summed E-state index contributed by atoms with van der Waals surface area (Å²) in [6.45, 7) is 0.104. The second-order valence-corrected chi connectivity index (χ2v) is 6.85. The second kappa shape index (κ2) is 9.13. The number of esters is 1. The molecule has 7 heteroatoms. The zero-order chi connectivity index (χ0) is 21.6. The van der Waals surface area contributed by atoms with Crippen molar-refractivity contribution in [1.82, 2.24) is 4.98 Å². The Balaban J connectivity index is 1.44. The molecule has 0 saturated heterocycles. The zero-order valence-corrected chi connectivity index (χ0v) is 16.9. The van der Waals surface area contributed by atoms with Crippen molar-refractivity contribution in [2.24, 2.45) is 0 Å². The Morgan fingerprint density at radius 3 is 2.26 bits per heavy atom.